The largest absolute Gasteiger partial charge is 0.497 e. The van der Waals surface area contributed by atoms with E-state index in [0.717, 1.165) is 0 Å². The Morgan fingerprint density at radius 3 is 2.33 bits per heavy atom. The predicted molar refractivity (Wildman–Crippen MR) is 78.0 cm³/mol. The zero-order valence-electron chi connectivity index (χ0n) is 12.8. The van der Waals surface area contributed by atoms with Gasteiger partial charge in [-0.3, -0.25) is 0 Å². The standard InChI is InChI=1S/C15H24O6/c1-17-6-7-20-8-9-21-11-14(16)13-5-4-12(18-2)10-15(13)19-3/h4-5,10,14,16H,6-9,11H2,1-3H3. The molecule has 0 aliphatic rings. The third-order valence-electron chi connectivity index (χ3n) is 2.88. The molecule has 120 valence electrons. The van der Waals surface area contributed by atoms with Crippen molar-refractivity contribution in [1.29, 1.82) is 0 Å². The lowest BCUT2D eigenvalue weighted by Crippen LogP contribution is -2.13. The Bertz CT molecular complexity index is 396. The molecule has 0 bridgehead atoms. The van der Waals surface area contributed by atoms with Crippen molar-refractivity contribution in [3.63, 3.8) is 0 Å². The monoisotopic (exact) mass is 300 g/mol. The molecule has 6 heteroatoms. The summed E-state index contributed by atoms with van der Waals surface area (Å²) >= 11 is 0. The van der Waals surface area contributed by atoms with E-state index in [1.807, 2.05) is 0 Å². The Labute approximate surface area is 125 Å². The molecule has 21 heavy (non-hydrogen) atoms. The smallest absolute Gasteiger partial charge is 0.128 e. The van der Waals surface area contributed by atoms with Gasteiger partial charge in [-0.05, 0) is 12.1 Å². The van der Waals surface area contributed by atoms with Crippen LogP contribution in [-0.2, 0) is 14.2 Å². The van der Waals surface area contributed by atoms with Crippen LogP contribution in [0.5, 0.6) is 11.5 Å². The molecule has 1 unspecified atom stereocenters. The van der Waals surface area contributed by atoms with Crippen molar-refractivity contribution in [3.8, 4) is 11.5 Å². The van der Waals surface area contributed by atoms with E-state index in [-0.39, 0.29) is 6.61 Å². The number of rotatable bonds is 11. The van der Waals surface area contributed by atoms with Crippen LogP contribution in [0.1, 0.15) is 11.7 Å². The molecular weight excluding hydrogens is 276 g/mol. The number of benzene rings is 1. The van der Waals surface area contributed by atoms with Gasteiger partial charge in [0.05, 0.1) is 47.3 Å². The molecule has 1 aromatic rings. The van der Waals surface area contributed by atoms with E-state index >= 15 is 0 Å². The number of hydrogen-bond acceptors (Lipinski definition) is 6. The second-order valence-electron chi connectivity index (χ2n) is 4.30. The van der Waals surface area contributed by atoms with Gasteiger partial charge in [-0.1, -0.05) is 0 Å². The van der Waals surface area contributed by atoms with Crippen molar-refractivity contribution >= 4 is 0 Å². The second kappa shape index (κ2) is 10.4. The topological polar surface area (TPSA) is 66.4 Å². The van der Waals surface area contributed by atoms with Gasteiger partial charge in [0, 0.05) is 18.7 Å². The highest BCUT2D eigenvalue weighted by Gasteiger charge is 2.14. The molecule has 1 atom stereocenters. The maximum absolute atomic E-state index is 10.1. The fourth-order valence-corrected chi connectivity index (χ4v) is 1.74. The van der Waals surface area contributed by atoms with Crippen molar-refractivity contribution in [1.82, 2.24) is 0 Å². The Morgan fingerprint density at radius 2 is 1.67 bits per heavy atom. The van der Waals surface area contributed by atoms with Gasteiger partial charge >= 0.3 is 0 Å². The van der Waals surface area contributed by atoms with Crippen molar-refractivity contribution in [2.75, 3.05) is 54.4 Å². The minimum absolute atomic E-state index is 0.177. The quantitative estimate of drug-likeness (QED) is 0.623. The van der Waals surface area contributed by atoms with Crippen LogP contribution in [0.4, 0.5) is 0 Å². The highest BCUT2D eigenvalue weighted by atomic mass is 16.5. The number of hydrogen-bond donors (Lipinski definition) is 1. The molecule has 0 heterocycles. The molecule has 0 aliphatic carbocycles. The van der Waals surface area contributed by atoms with Gasteiger partial charge in [0.1, 0.15) is 17.6 Å². The summed E-state index contributed by atoms with van der Waals surface area (Å²) in [6.07, 6.45) is -0.759. The van der Waals surface area contributed by atoms with Gasteiger partial charge in [-0.25, -0.2) is 0 Å². The van der Waals surface area contributed by atoms with E-state index in [1.54, 1.807) is 39.5 Å². The van der Waals surface area contributed by atoms with Gasteiger partial charge in [0.25, 0.3) is 0 Å². The van der Waals surface area contributed by atoms with Crippen LogP contribution < -0.4 is 9.47 Å². The molecule has 1 aromatic carbocycles. The van der Waals surface area contributed by atoms with Crippen molar-refractivity contribution < 1.29 is 28.8 Å². The van der Waals surface area contributed by atoms with E-state index in [0.29, 0.717) is 43.5 Å². The molecule has 0 saturated carbocycles. The maximum atomic E-state index is 10.1. The first-order valence-corrected chi connectivity index (χ1v) is 6.77. The van der Waals surface area contributed by atoms with E-state index < -0.39 is 6.10 Å². The van der Waals surface area contributed by atoms with Crippen LogP contribution in [0.3, 0.4) is 0 Å². The second-order valence-corrected chi connectivity index (χ2v) is 4.30. The number of ether oxygens (including phenoxy) is 5. The molecule has 6 nitrogen and oxygen atoms in total. The van der Waals surface area contributed by atoms with Crippen molar-refractivity contribution in [2.45, 2.75) is 6.10 Å². The summed E-state index contributed by atoms with van der Waals surface area (Å²) in [6, 6.07) is 5.27. The highest BCUT2D eigenvalue weighted by Crippen LogP contribution is 2.29. The van der Waals surface area contributed by atoms with Gasteiger partial charge in [-0.15, -0.1) is 0 Å². The highest BCUT2D eigenvalue weighted by molar-refractivity contribution is 5.41. The molecule has 1 N–H and O–H groups in total. The summed E-state index contributed by atoms with van der Waals surface area (Å²) in [5, 5.41) is 10.1. The predicted octanol–water partition coefficient (Wildman–Crippen LogP) is 1.42. The SMILES string of the molecule is COCCOCCOCC(O)c1ccc(OC)cc1OC. The lowest BCUT2D eigenvalue weighted by molar-refractivity contribution is -0.00640. The molecule has 0 radical (unpaired) electrons. The van der Waals surface area contributed by atoms with Gasteiger partial charge in [0.15, 0.2) is 0 Å². The first kappa shape index (κ1) is 17.7. The average Bonchev–Trinajstić information content (AvgIpc) is 2.53. The Balaban J connectivity index is 2.36. The summed E-state index contributed by atoms with van der Waals surface area (Å²) in [5.74, 6) is 1.25. The molecule has 1 rings (SSSR count). The van der Waals surface area contributed by atoms with Crippen molar-refractivity contribution in [2.24, 2.45) is 0 Å². The van der Waals surface area contributed by atoms with Crippen molar-refractivity contribution in [3.05, 3.63) is 23.8 Å². The molecule has 0 aliphatic heterocycles. The zero-order valence-corrected chi connectivity index (χ0v) is 12.8. The molecule has 0 spiro atoms. The van der Waals surface area contributed by atoms with E-state index in [4.69, 9.17) is 23.7 Å². The normalized spacial score (nSPS) is 12.2. The summed E-state index contributed by atoms with van der Waals surface area (Å²) in [5.41, 5.74) is 0.665. The Hall–Kier alpha value is -1.34. The number of aliphatic hydroxyl groups is 1. The molecular formula is C15H24O6. The third kappa shape index (κ3) is 6.31. The molecule has 0 aromatic heterocycles. The number of methoxy groups -OCH3 is 3. The fourth-order valence-electron chi connectivity index (χ4n) is 1.74. The van der Waals surface area contributed by atoms with Crippen LogP contribution in [0.15, 0.2) is 18.2 Å². The molecule has 0 amide bonds. The van der Waals surface area contributed by atoms with Crippen LogP contribution >= 0.6 is 0 Å². The zero-order chi connectivity index (χ0) is 15.5. The summed E-state index contributed by atoms with van der Waals surface area (Å²) in [6.45, 7) is 2.16. The van der Waals surface area contributed by atoms with E-state index in [2.05, 4.69) is 0 Å². The maximum Gasteiger partial charge on any atom is 0.128 e. The molecule has 0 saturated heterocycles. The van der Waals surface area contributed by atoms with Crippen LogP contribution in [0, 0.1) is 0 Å². The lowest BCUT2D eigenvalue weighted by atomic mass is 10.1. The summed E-state index contributed by atoms with van der Waals surface area (Å²) in [4.78, 5) is 0. The van der Waals surface area contributed by atoms with Crippen LogP contribution in [0.25, 0.3) is 0 Å². The lowest BCUT2D eigenvalue weighted by Gasteiger charge is -2.16. The summed E-state index contributed by atoms with van der Waals surface area (Å²) < 4.78 is 25.9. The fraction of sp³-hybridized carbons (Fsp3) is 0.600. The van der Waals surface area contributed by atoms with E-state index in [9.17, 15) is 5.11 Å². The van der Waals surface area contributed by atoms with Crippen LogP contribution in [-0.4, -0.2) is 59.5 Å². The Kier molecular flexibility index (Phi) is 8.77. The van der Waals surface area contributed by atoms with Crippen LogP contribution in [0.2, 0.25) is 0 Å². The Morgan fingerprint density at radius 1 is 0.952 bits per heavy atom. The van der Waals surface area contributed by atoms with Gasteiger partial charge in [-0.2, -0.15) is 0 Å². The minimum atomic E-state index is -0.759. The minimum Gasteiger partial charge on any atom is -0.497 e. The first-order chi connectivity index (χ1) is 10.2. The van der Waals surface area contributed by atoms with E-state index in [1.165, 1.54) is 0 Å². The first-order valence-electron chi connectivity index (χ1n) is 6.77. The van der Waals surface area contributed by atoms with Gasteiger partial charge < -0.3 is 28.8 Å². The van der Waals surface area contributed by atoms with Gasteiger partial charge in [0.2, 0.25) is 0 Å². The number of aliphatic hydroxyl groups excluding tert-OH is 1. The third-order valence-corrected chi connectivity index (χ3v) is 2.88. The summed E-state index contributed by atoms with van der Waals surface area (Å²) in [7, 11) is 4.76. The molecule has 0 fully saturated rings. The average molecular weight is 300 g/mol.